The van der Waals surface area contributed by atoms with Gasteiger partial charge in [0.05, 0.1) is 5.56 Å². The van der Waals surface area contributed by atoms with Crippen molar-refractivity contribution in [3.8, 4) is 6.07 Å². The average Bonchev–Trinajstić information content (AvgIpc) is 3.09. The van der Waals surface area contributed by atoms with E-state index in [-0.39, 0.29) is 0 Å². The standard InChI is InChI=1S/C13H15N3/c14-8-11-2-3-12(15-9-11)16-7-1-4-13(10-16)5-6-13/h2-3,9H,1,4-7,10H2. The van der Waals surface area contributed by atoms with E-state index in [0.29, 0.717) is 11.0 Å². The van der Waals surface area contributed by atoms with Crippen molar-refractivity contribution >= 4 is 5.82 Å². The first-order valence-electron chi connectivity index (χ1n) is 5.93. The van der Waals surface area contributed by atoms with Crippen LogP contribution in [0.1, 0.15) is 31.2 Å². The second-order valence-corrected chi connectivity index (χ2v) is 5.04. The summed E-state index contributed by atoms with van der Waals surface area (Å²) in [6.45, 7) is 2.27. The van der Waals surface area contributed by atoms with E-state index in [0.717, 1.165) is 18.9 Å². The summed E-state index contributed by atoms with van der Waals surface area (Å²) in [7, 11) is 0. The topological polar surface area (TPSA) is 39.9 Å². The van der Waals surface area contributed by atoms with Gasteiger partial charge in [-0.1, -0.05) is 0 Å². The number of anilines is 1. The maximum absolute atomic E-state index is 8.73. The highest BCUT2D eigenvalue weighted by atomic mass is 15.2. The molecular formula is C13H15N3. The molecule has 1 aliphatic carbocycles. The van der Waals surface area contributed by atoms with E-state index < -0.39 is 0 Å². The van der Waals surface area contributed by atoms with E-state index in [1.165, 1.54) is 25.7 Å². The van der Waals surface area contributed by atoms with Crippen LogP contribution >= 0.6 is 0 Å². The molecule has 0 N–H and O–H groups in total. The van der Waals surface area contributed by atoms with Crippen molar-refractivity contribution in [3.05, 3.63) is 23.9 Å². The summed E-state index contributed by atoms with van der Waals surface area (Å²) in [4.78, 5) is 6.74. The second kappa shape index (κ2) is 3.48. The van der Waals surface area contributed by atoms with E-state index in [4.69, 9.17) is 5.26 Å². The van der Waals surface area contributed by atoms with E-state index in [1.54, 1.807) is 6.20 Å². The van der Waals surface area contributed by atoms with Crippen LogP contribution in [0.4, 0.5) is 5.82 Å². The number of piperidine rings is 1. The molecule has 0 unspecified atom stereocenters. The highest BCUT2D eigenvalue weighted by Gasteiger charge is 2.45. The Morgan fingerprint density at radius 3 is 2.81 bits per heavy atom. The zero-order valence-corrected chi connectivity index (χ0v) is 9.32. The maximum Gasteiger partial charge on any atom is 0.128 e. The molecule has 3 rings (SSSR count). The zero-order chi connectivity index (χ0) is 11.0. The highest BCUT2D eigenvalue weighted by Crippen LogP contribution is 2.52. The van der Waals surface area contributed by atoms with E-state index in [2.05, 4.69) is 16.0 Å². The molecule has 0 bridgehead atoms. The third-order valence-electron chi connectivity index (χ3n) is 3.82. The number of nitrogens with zero attached hydrogens (tertiary/aromatic N) is 3. The third-order valence-corrected chi connectivity index (χ3v) is 3.82. The number of nitriles is 1. The molecule has 82 valence electrons. The van der Waals surface area contributed by atoms with Gasteiger partial charge in [0.1, 0.15) is 11.9 Å². The Hall–Kier alpha value is -1.56. The van der Waals surface area contributed by atoms with E-state index in [1.807, 2.05) is 12.1 Å². The first-order chi connectivity index (χ1) is 7.81. The van der Waals surface area contributed by atoms with Crippen LogP contribution in [0.5, 0.6) is 0 Å². The summed E-state index contributed by atoms with van der Waals surface area (Å²) in [5, 5.41) is 8.73. The SMILES string of the molecule is N#Cc1ccc(N2CCCC3(CC3)C2)nc1. The fraction of sp³-hybridized carbons (Fsp3) is 0.538. The summed E-state index contributed by atoms with van der Waals surface area (Å²) in [6, 6.07) is 5.93. The van der Waals surface area contributed by atoms with Crippen LogP contribution < -0.4 is 4.90 Å². The molecule has 1 saturated heterocycles. The van der Waals surface area contributed by atoms with Crippen LogP contribution in [0.3, 0.4) is 0 Å². The van der Waals surface area contributed by atoms with Crippen LogP contribution in [-0.2, 0) is 0 Å². The van der Waals surface area contributed by atoms with Crippen molar-refractivity contribution in [1.29, 1.82) is 5.26 Å². The monoisotopic (exact) mass is 213 g/mol. The van der Waals surface area contributed by atoms with Crippen molar-refractivity contribution in [3.63, 3.8) is 0 Å². The minimum Gasteiger partial charge on any atom is -0.356 e. The van der Waals surface area contributed by atoms with Crippen molar-refractivity contribution in [1.82, 2.24) is 4.98 Å². The molecule has 3 nitrogen and oxygen atoms in total. The second-order valence-electron chi connectivity index (χ2n) is 5.04. The van der Waals surface area contributed by atoms with Crippen molar-refractivity contribution in [2.75, 3.05) is 18.0 Å². The Morgan fingerprint density at radius 2 is 2.19 bits per heavy atom. The fourth-order valence-electron chi connectivity index (χ4n) is 2.63. The Bertz CT molecular complexity index is 425. The Labute approximate surface area is 95.7 Å². The first-order valence-corrected chi connectivity index (χ1v) is 5.93. The lowest BCUT2D eigenvalue weighted by atomic mass is 9.95. The summed E-state index contributed by atoms with van der Waals surface area (Å²) < 4.78 is 0. The molecule has 1 aliphatic heterocycles. The van der Waals surface area contributed by atoms with Gasteiger partial charge in [0.25, 0.3) is 0 Å². The smallest absolute Gasteiger partial charge is 0.128 e. The van der Waals surface area contributed by atoms with E-state index in [9.17, 15) is 0 Å². The Kier molecular flexibility index (Phi) is 2.10. The molecule has 1 aromatic rings. The summed E-state index contributed by atoms with van der Waals surface area (Å²) in [6.07, 6.45) is 7.12. The molecule has 0 atom stereocenters. The largest absolute Gasteiger partial charge is 0.356 e. The molecule has 0 aromatic carbocycles. The molecule has 2 heterocycles. The number of rotatable bonds is 1. The average molecular weight is 213 g/mol. The summed E-state index contributed by atoms with van der Waals surface area (Å²) in [5.41, 5.74) is 1.26. The van der Waals surface area contributed by atoms with Gasteiger partial charge in [0.15, 0.2) is 0 Å². The highest BCUT2D eigenvalue weighted by molar-refractivity contribution is 5.43. The van der Waals surface area contributed by atoms with Gasteiger partial charge in [-0.15, -0.1) is 0 Å². The van der Waals surface area contributed by atoms with Gasteiger partial charge in [-0.25, -0.2) is 4.98 Å². The van der Waals surface area contributed by atoms with Crippen LogP contribution in [0, 0.1) is 16.7 Å². The molecular weight excluding hydrogens is 198 g/mol. The molecule has 0 radical (unpaired) electrons. The quantitative estimate of drug-likeness (QED) is 0.718. The third kappa shape index (κ3) is 1.65. The van der Waals surface area contributed by atoms with E-state index >= 15 is 0 Å². The lowest BCUT2D eigenvalue weighted by Gasteiger charge is -2.33. The molecule has 1 saturated carbocycles. The zero-order valence-electron chi connectivity index (χ0n) is 9.32. The van der Waals surface area contributed by atoms with Gasteiger partial charge >= 0.3 is 0 Å². The van der Waals surface area contributed by atoms with Crippen LogP contribution in [0.2, 0.25) is 0 Å². The van der Waals surface area contributed by atoms with Gasteiger partial charge in [-0.05, 0) is 43.2 Å². The van der Waals surface area contributed by atoms with Crippen molar-refractivity contribution in [2.24, 2.45) is 5.41 Å². The molecule has 1 aromatic heterocycles. The number of pyridine rings is 1. The Morgan fingerprint density at radius 1 is 1.31 bits per heavy atom. The lowest BCUT2D eigenvalue weighted by Crippen LogP contribution is -2.36. The van der Waals surface area contributed by atoms with Crippen LogP contribution in [0.15, 0.2) is 18.3 Å². The maximum atomic E-state index is 8.73. The number of aromatic nitrogens is 1. The molecule has 3 heteroatoms. The predicted octanol–water partition coefficient (Wildman–Crippen LogP) is 2.33. The molecule has 0 amide bonds. The van der Waals surface area contributed by atoms with Gasteiger partial charge in [0, 0.05) is 19.3 Å². The van der Waals surface area contributed by atoms with Gasteiger partial charge in [-0.2, -0.15) is 5.26 Å². The Balaban J connectivity index is 1.78. The van der Waals surface area contributed by atoms with Crippen molar-refractivity contribution in [2.45, 2.75) is 25.7 Å². The lowest BCUT2D eigenvalue weighted by molar-refractivity contribution is 0.393. The normalized spacial score (nSPS) is 21.8. The minimum absolute atomic E-state index is 0.619. The molecule has 1 spiro atoms. The molecule has 2 fully saturated rings. The minimum atomic E-state index is 0.619. The van der Waals surface area contributed by atoms with Gasteiger partial charge in [0.2, 0.25) is 0 Å². The number of hydrogen-bond acceptors (Lipinski definition) is 3. The predicted molar refractivity (Wildman–Crippen MR) is 62.1 cm³/mol. The van der Waals surface area contributed by atoms with Crippen LogP contribution in [0.25, 0.3) is 0 Å². The van der Waals surface area contributed by atoms with Gasteiger partial charge < -0.3 is 4.90 Å². The number of hydrogen-bond donors (Lipinski definition) is 0. The molecule has 2 aliphatic rings. The summed E-state index contributed by atoms with van der Waals surface area (Å²) >= 11 is 0. The van der Waals surface area contributed by atoms with Gasteiger partial charge in [-0.3, -0.25) is 0 Å². The first kappa shape index (κ1) is 9.65. The van der Waals surface area contributed by atoms with Crippen molar-refractivity contribution < 1.29 is 0 Å². The molecule has 16 heavy (non-hydrogen) atoms. The fourth-order valence-corrected chi connectivity index (χ4v) is 2.63. The summed E-state index contributed by atoms with van der Waals surface area (Å²) in [5.74, 6) is 1.03. The van der Waals surface area contributed by atoms with Crippen LogP contribution in [-0.4, -0.2) is 18.1 Å².